The molecule has 1 unspecified atom stereocenters. The standard InChI is InChI=1S/C12H14N2O/c1-8(13)10-4-11(6-12(14)5-10)9-2-3-15-7-9/h2-8H,13-14H2,1H3. The quantitative estimate of drug-likeness (QED) is 0.735. The van der Waals surface area contributed by atoms with Crippen LogP contribution in [0, 0.1) is 0 Å². The monoisotopic (exact) mass is 202 g/mol. The molecule has 1 heterocycles. The van der Waals surface area contributed by atoms with Crippen molar-refractivity contribution in [2.75, 3.05) is 5.73 Å². The molecular weight excluding hydrogens is 188 g/mol. The minimum Gasteiger partial charge on any atom is -0.472 e. The lowest BCUT2D eigenvalue weighted by atomic mass is 10.0. The summed E-state index contributed by atoms with van der Waals surface area (Å²) in [6.45, 7) is 1.94. The molecule has 78 valence electrons. The van der Waals surface area contributed by atoms with Crippen molar-refractivity contribution in [2.24, 2.45) is 5.73 Å². The highest BCUT2D eigenvalue weighted by Gasteiger charge is 2.05. The molecule has 4 N–H and O–H groups in total. The third-order valence-electron chi connectivity index (χ3n) is 2.36. The van der Waals surface area contributed by atoms with E-state index in [2.05, 4.69) is 0 Å². The van der Waals surface area contributed by atoms with Crippen LogP contribution >= 0.6 is 0 Å². The number of anilines is 1. The second-order valence-corrected chi connectivity index (χ2v) is 3.69. The minimum absolute atomic E-state index is 0.0147. The Hall–Kier alpha value is -1.74. The molecule has 1 atom stereocenters. The fourth-order valence-corrected chi connectivity index (χ4v) is 1.53. The molecule has 2 rings (SSSR count). The van der Waals surface area contributed by atoms with Gasteiger partial charge in [0, 0.05) is 17.3 Å². The fourth-order valence-electron chi connectivity index (χ4n) is 1.53. The maximum absolute atomic E-state index is 5.83. The Bertz CT molecular complexity index is 447. The Morgan fingerprint density at radius 2 is 2.00 bits per heavy atom. The van der Waals surface area contributed by atoms with E-state index in [0.717, 1.165) is 22.4 Å². The normalized spacial score (nSPS) is 12.7. The number of furan rings is 1. The zero-order chi connectivity index (χ0) is 10.8. The van der Waals surface area contributed by atoms with E-state index in [4.69, 9.17) is 15.9 Å². The van der Waals surface area contributed by atoms with Gasteiger partial charge in [-0.25, -0.2) is 0 Å². The van der Waals surface area contributed by atoms with E-state index < -0.39 is 0 Å². The van der Waals surface area contributed by atoms with Crippen molar-refractivity contribution >= 4 is 5.69 Å². The van der Waals surface area contributed by atoms with E-state index in [1.165, 1.54) is 0 Å². The molecule has 3 nitrogen and oxygen atoms in total. The Labute approximate surface area is 88.7 Å². The van der Waals surface area contributed by atoms with Gasteiger partial charge >= 0.3 is 0 Å². The zero-order valence-electron chi connectivity index (χ0n) is 8.60. The van der Waals surface area contributed by atoms with Gasteiger partial charge in [0.2, 0.25) is 0 Å². The molecule has 0 saturated carbocycles. The number of nitrogens with two attached hydrogens (primary N) is 2. The van der Waals surface area contributed by atoms with E-state index in [1.54, 1.807) is 12.5 Å². The zero-order valence-corrected chi connectivity index (χ0v) is 8.60. The molecule has 0 fully saturated rings. The molecular formula is C12H14N2O. The van der Waals surface area contributed by atoms with Crippen LogP contribution in [0.2, 0.25) is 0 Å². The van der Waals surface area contributed by atoms with Gasteiger partial charge in [-0.1, -0.05) is 0 Å². The summed E-state index contributed by atoms with van der Waals surface area (Å²) in [6, 6.07) is 7.73. The number of hydrogen-bond donors (Lipinski definition) is 2. The lowest BCUT2D eigenvalue weighted by molar-refractivity contribution is 0.568. The van der Waals surface area contributed by atoms with Crippen LogP contribution in [0.1, 0.15) is 18.5 Å². The average molecular weight is 202 g/mol. The molecule has 0 aliphatic heterocycles. The van der Waals surface area contributed by atoms with Crippen molar-refractivity contribution in [3.8, 4) is 11.1 Å². The Balaban J connectivity index is 2.49. The van der Waals surface area contributed by atoms with Crippen molar-refractivity contribution < 1.29 is 4.42 Å². The van der Waals surface area contributed by atoms with Gasteiger partial charge in [-0.15, -0.1) is 0 Å². The highest BCUT2D eigenvalue weighted by atomic mass is 16.3. The van der Waals surface area contributed by atoms with Crippen molar-refractivity contribution in [1.29, 1.82) is 0 Å². The molecule has 3 heteroatoms. The summed E-state index contributed by atoms with van der Waals surface area (Å²) in [4.78, 5) is 0. The first-order valence-electron chi connectivity index (χ1n) is 4.85. The Morgan fingerprint density at radius 1 is 1.20 bits per heavy atom. The van der Waals surface area contributed by atoms with Crippen LogP contribution in [-0.2, 0) is 0 Å². The molecule has 0 saturated heterocycles. The first kappa shape index (κ1) is 9.80. The molecule has 0 amide bonds. The lowest BCUT2D eigenvalue weighted by Gasteiger charge is -2.09. The van der Waals surface area contributed by atoms with Gasteiger partial charge in [-0.05, 0) is 42.3 Å². The predicted octanol–water partition coefficient (Wildman–Crippen LogP) is 2.55. The Morgan fingerprint density at radius 3 is 2.60 bits per heavy atom. The first-order valence-corrected chi connectivity index (χ1v) is 4.85. The van der Waals surface area contributed by atoms with Gasteiger partial charge in [0.1, 0.15) is 0 Å². The summed E-state index contributed by atoms with van der Waals surface area (Å²) < 4.78 is 5.04. The molecule has 0 bridgehead atoms. The maximum atomic E-state index is 5.83. The second kappa shape index (κ2) is 3.79. The molecule has 0 radical (unpaired) electrons. The van der Waals surface area contributed by atoms with Crippen LogP contribution in [0.25, 0.3) is 11.1 Å². The van der Waals surface area contributed by atoms with Gasteiger partial charge in [-0.2, -0.15) is 0 Å². The van der Waals surface area contributed by atoms with Crippen LogP contribution < -0.4 is 11.5 Å². The highest BCUT2D eigenvalue weighted by molar-refractivity contribution is 5.67. The maximum Gasteiger partial charge on any atom is 0.0980 e. The minimum atomic E-state index is -0.0147. The van der Waals surface area contributed by atoms with E-state index in [1.807, 2.05) is 31.2 Å². The van der Waals surface area contributed by atoms with Gasteiger partial charge < -0.3 is 15.9 Å². The summed E-state index contributed by atoms with van der Waals surface area (Å²) in [5, 5.41) is 0. The van der Waals surface area contributed by atoms with E-state index in [-0.39, 0.29) is 6.04 Å². The molecule has 2 aromatic rings. The van der Waals surface area contributed by atoms with Crippen molar-refractivity contribution in [1.82, 2.24) is 0 Å². The van der Waals surface area contributed by atoms with Crippen LogP contribution in [0.15, 0.2) is 41.2 Å². The molecule has 0 aliphatic rings. The summed E-state index contributed by atoms with van der Waals surface area (Å²) >= 11 is 0. The number of nitrogen functional groups attached to an aromatic ring is 1. The van der Waals surface area contributed by atoms with Gasteiger partial charge in [0.05, 0.1) is 12.5 Å². The van der Waals surface area contributed by atoms with Gasteiger partial charge in [-0.3, -0.25) is 0 Å². The molecule has 1 aromatic carbocycles. The smallest absolute Gasteiger partial charge is 0.0980 e. The third kappa shape index (κ3) is 2.02. The summed E-state index contributed by atoms with van der Waals surface area (Å²) in [7, 11) is 0. The third-order valence-corrected chi connectivity index (χ3v) is 2.36. The fraction of sp³-hybridized carbons (Fsp3) is 0.167. The Kier molecular flexibility index (Phi) is 2.47. The number of benzene rings is 1. The summed E-state index contributed by atoms with van der Waals surface area (Å²) in [5.41, 5.74) is 15.5. The van der Waals surface area contributed by atoms with E-state index in [9.17, 15) is 0 Å². The first-order chi connectivity index (χ1) is 7.16. The van der Waals surface area contributed by atoms with Crippen LogP contribution in [0.5, 0.6) is 0 Å². The largest absolute Gasteiger partial charge is 0.472 e. The van der Waals surface area contributed by atoms with Crippen molar-refractivity contribution in [3.63, 3.8) is 0 Å². The lowest BCUT2D eigenvalue weighted by Crippen LogP contribution is -2.05. The number of hydrogen-bond acceptors (Lipinski definition) is 3. The van der Waals surface area contributed by atoms with E-state index >= 15 is 0 Å². The second-order valence-electron chi connectivity index (χ2n) is 3.69. The SMILES string of the molecule is CC(N)c1cc(N)cc(-c2ccoc2)c1. The number of rotatable bonds is 2. The van der Waals surface area contributed by atoms with Crippen LogP contribution in [-0.4, -0.2) is 0 Å². The van der Waals surface area contributed by atoms with Crippen LogP contribution in [0.4, 0.5) is 5.69 Å². The molecule has 0 spiro atoms. The summed E-state index contributed by atoms with van der Waals surface area (Å²) in [6.07, 6.45) is 3.34. The van der Waals surface area contributed by atoms with E-state index in [0.29, 0.717) is 0 Å². The van der Waals surface area contributed by atoms with Crippen molar-refractivity contribution in [3.05, 3.63) is 42.4 Å². The highest BCUT2D eigenvalue weighted by Crippen LogP contribution is 2.25. The molecule has 0 aliphatic carbocycles. The molecule has 1 aromatic heterocycles. The summed E-state index contributed by atoms with van der Waals surface area (Å²) in [5.74, 6) is 0. The van der Waals surface area contributed by atoms with Gasteiger partial charge in [0.15, 0.2) is 0 Å². The van der Waals surface area contributed by atoms with Gasteiger partial charge in [0.25, 0.3) is 0 Å². The molecule has 15 heavy (non-hydrogen) atoms. The predicted molar refractivity (Wildman–Crippen MR) is 61.2 cm³/mol. The van der Waals surface area contributed by atoms with Crippen molar-refractivity contribution in [2.45, 2.75) is 13.0 Å². The topological polar surface area (TPSA) is 65.2 Å². The van der Waals surface area contributed by atoms with Crippen LogP contribution in [0.3, 0.4) is 0 Å². The average Bonchev–Trinajstić information content (AvgIpc) is 2.69.